The van der Waals surface area contributed by atoms with Crippen LogP contribution in [0.4, 0.5) is 4.79 Å². The van der Waals surface area contributed by atoms with E-state index in [1.165, 1.54) is 23.0 Å². The molecule has 3 saturated heterocycles. The molecule has 1 aromatic carbocycles. The zero-order valence-corrected chi connectivity index (χ0v) is 33.9. The van der Waals surface area contributed by atoms with Crippen LogP contribution < -0.4 is 24.8 Å². The maximum atomic E-state index is 14.7. The second kappa shape index (κ2) is 16.8. The number of aromatic nitrogens is 1. The molecule has 18 nitrogen and oxygen atoms in total. The van der Waals surface area contributed by atoms with Crippen molar-refractivity contribution in [2.45, 2.75) is 113 Å². The van der Waals surface area contributed by atoms with Gasteiger partial charge in [0, 0.05) is 36.8 Å². The van der Waals surface area contributed by atoms with Gasteiger partial charge in [-0.1, -0.05) is 13.0 Å². The number of sulfonamides is 1. The number of esters is 1. The highest BCUT2D eigenvalue weighted by Crippen LogP contribution is 2.32. The van der Waals surface area contributed by atoms with Crippen molar-refractivity contribution in [2.75, 3.05) is 20.2 Å². The van der Waals surface area contributed by atoms with E-state index in [2.05, 4.69) is 26.9 Å². The Kier molecular flexibility index (Phi) is 12.2. The Morgan fingerprint density at radius 2 is 1.81 bits per heavy atom. The number of rotatable bonds is 15. The zero-order chi connectivity index (χ0) is 42.1. The third-order valence-electron chi connectivity index (χ3n) is 10.5. The molecule has 0 spiro atoms. The van der Waals surface area contributed by atoms with E-state index in [1.807, 2.05) is 0 Å². The minimum atomic E-state index is -3.97. The number of amides is 5. The third kappa shape index (κ3) is 9.62. The van der Waals surface area contributed by atoms with Crippen molar-refractivity contribution in [3.63, 3.8) is 0 Å². The highest BCUT2D eigenvalue weighted by molar-refractivity contribution is 7.90. The largest absolute Gasteiger partial charge is 0.497 e. The lowest BCUT2D eigenvalue weighted by atomic mass is 10.0. The number of alkyl carbamates (subject to hydrolysis) is 1. The van der Waals surface area contributed by atoms with Crippen LogP contribution in [0.25, 0.3) is 10.8 Å². The van der Waals surface area contributed by atoms with Gasteiger partial charge in [0.05, 0.1) is 25.4 Å². The van der Waals surface area contributed by atoms with Crippen LogP contribution in [-0.4, -0.2) is 126 Å². The molecule has 6 rings (SSSR count). The average Bonchev–Trinajstić information content (AvgIpc) is 3.70. The number of morpholine rings is 1. The molecule has 3 N–H and O–H groups in total. The fourth-order valence-electron chi connectivity index (χ4n) is 7.31. The molecule has 314 valence electrons. The average molecular weight is 827 g/mol. The molecule has 3 aliphatic heterocycles. The molecular formula is C39H50N6O12S. The van der Waals surface area contributed by atoms with Crippen molar-refractivity contribution in [1.29, 1.82) is 0 Å². The molecule has 7 atom stereocenters. The fourth-order valence-corrected chi connectivity index (χ4v) is 8.64. The molecular weight excluding hydrogens is 777 g/mol. The van der Waals surface area contributed by atoms with E-state index in [9.17, 15) is 37.2 Å². The Hall–Kier alpha value is -5.46. The first-order valence-corrected chi connectivity index (χ1v) is 20.8. The van der Waals surface area contributed by atoms with Gasteiger partial charge in [-0.15, -0.1) is 6.58 Å². The molecule has 1 aromatic heterocycles. The maximum Gasteiger partial charge on any atom is 0.408 e. The Balaban J connectivity index is 1.28. The van der Waals surface area contributed by atoms with E-state index >= 15 is 0 Å². The van der Waals surface area contributed by atoms with Crippen molar-refractivity contribution in [3.05, 3.63) is 43.1 Å². The lowest BCUT2D eigenvalue weighted by Gasteiger charge is -2.31. The lowest BCUT2D eigenvalue weighted by molar-refractivity contribution is -0.157. The van der Waals surface area contributed by atoms with Crippen molar-refractivity contribution in [3.8, 4) is 11.6 Å². The maximum absolute atomic E-state index is 14.7. The zero-order valence-electron chi connectivity index (χ0n) is 33.1. The molecule has 1 saturated carbocycles. The van der Waals surface area contributed by atoms with Crippen LogP contribution in [0.5, 0.6) is 11.6 Å². The molecule has 7 unspecified atom stereocenters. The second-order valence-electron chi connectivity index (χ2n) is 16.1. The van der Waals surface area contributed by atoms with Gasteiger partial charge in [0.25, 0.3) is 5.91 Å². The number of hydrogen-bond acceptors (Lipinski definition) is 13. The van der Waals surface area contributed by atoms with Gasteiger partial charge in [-0.2, -0.15) is 0 Å². The van der Waals surface area contributed by atoms with E-state index in [4.69, 9.17) is 18.9 Å². The van der Waals surface area contributed by atoms with Gasteiger partial charge in [0.1, 0.15) is 47.7 Å². The Bertz CT molecular complexity index is 2090. The van der Waals surface area contributed by atoms with Gasteiger partial charge in [0.15, 0.2) is 0 Å². The van der Waals surface area contributed by atoms with Crippen LogP contribution in [0.3, 0.4) is 0 Å². The van der Waals surface area contributed by atoms with Crippen LogP contribution in [0.15, 0.2) is 43.1 Å². The first kappa shape index (κ1) is 42.2. The standard InChI is InChI=1S/C39H50N6O12S/c1-7-21(2)32(34(48)43-58(52,53)26-9-10-26)42-33(47)29-17-24(55-35-27-11-8-23(54-6)16-22(27)14-15-40-35)20-45(29)36(49)28(41-38(51)57-39(3,4)5)12-13-31(46)44-19-25-18-30(44)37(50)56-25/h7-8,11,14-16,21,24-26,28-30,32H,1,9-10,12-13,17-20H2,2-6H3,(H,41,51)(H,42,47)(H,43,48). The van der Waals surface area contributed by atoms with Gasteiger partial charge in [-0.25, -0.2) is 23.0 Å². The molecule has 2 bridgehead atoms. The molecule has 5 amide bonds. The van der Waals surface area contributed by atoms with Crippen molar-refractivity contribution < 1.29 is 56.1 Å². The van der Waals surface area contributed by atoms with Crippen LogP contribution in [0, 0.1) is 5.92 Å². The smallest absolute Gasteiger partial charge is 0.408 e. The van der Waals surface area contributed by atoms with Crippen LogP contribution in [0.1, 0.15) is 66.2 Å². The normalized spacial score (nSPS) is 23.0. The predicted octanol–water partition coefficient (Wildman–Crippen LogP) is 1.71. The summed E-state index contributed by atoms with van der Waals surface area (Å²) in [7, 11) is -2.43. The quantitative estimate of drug-likeness (QED) is 0.172. The molecule has 2 aromatic rings. The first-order chi connectivity index (χ1) is 27.4. The van der Waals surface area contributed by atoms with Crippen molar-refractivity contribution >= 4 is 56.5 Å². The molecule has 4 aliphatic rings. The summed E-state index contributed by atoms with van der Waals surface area (Å²) in [5, 5.41) is 5.89. The number of benzene rings is 1. The number of hydrogen-bond donors (Lipinski definition) is 3. The summed E-state index contributed by atoms with van der Waals surface area (Å²) in [6.07, 6.45) is 1.38. The third-order valence-corrected chi connectivity index (χ3v) is 12.4. The Morgan fingerprint density at radius 1 is 1.07 bits per heavy atom. The Labute approximate surface area is 336 Å². The van der Waals surface area contributed by atoms with E-state index in [0.717, 1.165) is 5.39 Å². The van der Waals surface area contributed by atoms with Gasteiger partial charge in [-0.05, 0) is 69.7 Å². The minimum absolute atomic E-state index is 0.0972. The van der Waals surface area contributed by atoms with E-state index in [1.54, 1.807) is 58.2 Å². The van der Waals surface area contributed by atoms with Gasteiger partial charge in [-0.3, -0.25) is 23.9 Å². The molecule has 1 aliphatic carbocycles. The van der Waals surface area contributed by atoms with Crippen molar-refractivity contribution in [1.82, 2.24) is 30.1 Å². The number of ether oxygens (including phenoxy) is 4. The van der Waals surface area contributed by atoms with Crippen LogP contribution in [0.2, 0.25) is 0 Å². The highest BCUT2D eigenvalue weighted by Gasteiger charge is 2.49. The monoisotopic (exact) mass is 826 g/mol. The molecule has 19 heteroatoms. The van der Waals surface area contributed by atoms with E-state index in [-0.39, 0.29) is 38.2 Å². The number of carbonyl (C=O) groups excluding carboxylic acids is 6. The molecule has 58 heavy (non-hydrogen) atoms. The van der Waals surface area contributed by atoms with Gasteiger partial charge >= 0.3 is 12.1 Å². The van der Waals surface area contributed by atoms with E-state index < -0.39 is 98.9 Å². The van der Waals surface area contributed by atoms with Crippen LogP contribution >= 0.6 is 0 Å². The van der Waals surface area contributed by atoms with Crippen molar-refractivity contribution in [2.24, 2.45) is 5.92 Å². The van der Waals surface area contributed by atoms with Gasteiger partial charge < -0.3 is 39.4 Å². The summed E-state index contributed by atoms with van der Waals surface area (Å²) in [6, 6.07) is 2.26. The summed E-state index contributed by atoms with van der Waals surface area (Å²) in [5.74, 6) is -3.35. The second-order valence-corrected chi connectivity index (χ2v) is 18.0. The molecule has 4 fully saturated rings. The number of methoxy groups -OCH3 is 1. The number of likely N-dealkylation sites (tertiary alicyclic amines) is 2. The number of fused-ring (bicyclic) bond motifs is 3. The van der Waals surface area contributed by atoms with Gasteiger partial charge in [0.2, 0.25) is 33.6 Å². The lowest BCUT2D eigenvalue weighted by Crippen LogP contribution is -2.58. The number of pyridine rings is 1. The topological polar surface area (TPSA) is 229 Å². The SMILES string of the molecule is C=CC(C)C(NC(=O)C1CC(Oc2nccc3cc(OC)ccc23)CN1C(=O)C(CCC(=O)N1CC2CC1C(=O)O2)NC(=O)OC(C)(C)C)C(=O)NS(=O)(=O)C1CC1. The summed E-state index contributed by atoms with van der Waals surface area (Å²) < 4.78 is 49.8. The number of carbonyl (C=O) groups is 6. The summed E-state index contributed by atoms with van der Waals surface area (Å²) in [5.41, 5.74) is -0.947. The van der Waals surface area contributed by atoms with E-state index in [0.29, 0.717) is 30.4 Å². The summed E-state index contributed by atoms with van der Waals surface area (Å²) in [6.45, 7) is 10.3. The molecule has 4 heterocycles. The first-order valence-electron chi connectivity index (χ1n) is 19.2. The predicted molar refractivity (Wildman–Crippen MR) is 207 cm³/mol. The fraction of sp³-hybridized carbons (Fsp3) is 0.564. The number of nitrogens with zero attached hydrogens (tertiary/aromatic N) is 3. The number of nitrogens with one attached hydrogen (secondary N) is 3. The molecule has 0 radical (unpaired) electrons. The highest BCUT2D eigenvalue weighted by atomic mass is 32.2. The van der Waals surface area contributed by atoms with Crippen LogP contribution in [-0.2, 0) is 43.5 Å². The Morgan fingerprint density at radius 3 is 2.45 bits per heavy atom. The summed E-state index contributed by atoms with van der Waals surface area (Å²) >= 11 is 0. The minimum Gasteiger partial charge on any atom is -0.497 e. The summed E-state index contributed by atoms with van der Waals surface area (Å²) in [4.78, 5) is 88.1.